The van der Waals surface area contributed by atoms with E-state index in [-0.39, 0.29) is 11.5 Å². The first-order chi connectivity index (χ1) is 11.0. The predicted molar refractivity (Wildman–Crippen MR) is 91.3 cm³/mol. The van der Waals surface area contributed by atoms with Crippen LogP contribution in [0.4, 0.5) is 5.82 Å². The topological polar surface area (TPSA) is 90.2 Å². The summed E-state index contributed by atoms with van der Waals surface area (Å²) < 4.78 is 1.49. The summed E-state index contributed by atoms with van der Waals surface area (Å²) in [6.07, 6.45) is 3.91. The number of nitrogen functional groups attached to an aromatic ring is 1. The number of aromatic nitrogens is 2. The molecule has 0 bridgehead atoms. The highest BCUT2D eigenvalue weighted by Crippen LogP contribution is 2.26. The van der Waals surface area contributed by atoms with E-state index in [0.717, 1.165) is 37.5 Å². The molecule has 0 aliphatic heterocycles. The lowest BCUT2D eigenvalue weighted by molar-refractivity contribution is 0.178. The van der Waals surface area contributed by atoms with Gasteiger partial charge < -0.3 is 16.4 Å². The molecule has 0 radical (unpaired) electrons. The largest absolute Gasteiger partial charge is 0.383 e. The summed E-state index contributed by atoms with van der Waals surface area (Å²) in [4.78, 5) is 17.9. The third-order valence-electron chi connectivity index (χ3n) is 4.33. The summed E-state index contributed by atoms with van der Waals surface area (Å²) in [5, 5.41) is 0. The van der Waals surface area contributed by atoms with Crippen LogP contribution < -0.4 is 17.2 Å². The van der Waals surface area contributed by atoms with Crippen molar-refractivity contribution >= 4 is 5.82 Å². The molecule has 1 aliphatic rings. The van der Waals surface area contributed by atoms with Crippen molar-refractivity contribution in [3.63, 3.8) is 0 Å². The van der Waals surface area contributed by atoms with Gasteiger partial charge >= 0.3 is 5.69 Å². The van der Waals surface area contributed by atoms with Crippen LogP contribution in [0.2, 0.25) is 0 Å². The Morgan fingerprint density at radius 2 is 1.96 bits per heavy atom. The number of benzene rings is 1. The molecular formula is C17H23N5O. The third kappa shape index (κ3) is 3.78. The van der Waals surface area contributed by atoms with Crippen molar-refractivity contribution in [2.24, 2.45) is 11.7 Å². The molecule has 0 atom stereocenters. The predicted octanol–water partition coefficient (Wildman–Crippen LogP) is 0.984. The standard InChI is InChI=1S/C17H23N5O/c1-21(11-13-8-14(18)9-13)10-12-2-4-15(5-3-12)22-7-6-16(19)20-17(22)23/h2-7,13-14H,8-11,18H2,1H3,(H2,19,20,23). The minimum atomic E-state index is -0.365. The fraction of sp³-hybridized carbons (Fsp3) is 0.412. The number of hydrogen-bond acceptors (Lipinski definition) is 5. The Balaban J connectivity index is 1.63. The Kier molecular flexibility index (Phi) is 4.45. The van der Waals surface area contributed by atoms with Gasteiger partial charge in [-0.1, -0.05) is 12.1 Å². The van der Waals surface area contributed by atoms with Gasteiger partial charge in [-0.25, -0.2) is 4.79 Å². The van der Waals surface area contributed by atoms with Gasteiger partial charge in [-0.3, -0.25) is 4.57 Å². The molecule has 23 heavy (non-hydrogen) atoms. The maximum Gasteiger partial charge on any atom is 0.354 e. The van der Waals surface area contributed by atoms with Crippen LogP contribution in [0.1, 0.15) is 18.4 Å². The summed E-state index contributed by atoms with van der Waals surface area (Å²) in [5.74, 6) is 0.967. The maximum absolute atomic E-state index is 11.8. The van der Waals surface area contributed by atoms with Gasteiger partial charge in [0.15, 0.2) is 0 Å². The third-order valence-corrected chi connectivity index (χ3v) is 4.33. The minimum Gasteiger partial charge on any atom is -0.383 e. The average Bonchev–Trinajstić information content (AvgIpc) is 2.47. The van der Waals surface area contributed by atoms with Crippen molar-refractivity contribution in [1.82, 2.24) is 14.5 Å². The summed E-state index contributed by atoms with van der Waals surface area (Å²) in [7, 11) is 2.13. The lowest BCUT2D eigenvalue weighted by atomic mass is 9.80. The highest BCUT2D eigenvalue weighted by molar-refractivity contribution is 5.36. The molecule has 0 spiro atoms. The molecule has 122 valence electrons. The van der Waals surface area contributed by atoms with Crippen LogP contribution in [0.5, 0.6) is 0 Å². The van der Waals surface area contributed by atoms with Crippen LogP contribution in [0, 0.1) is 5.92 Å². The SMILES string of the molecule is CN(Cc1ccc(-n2ccc(N)nc2=O)cc1)CC1CC(N)C1. The monoisotopic (exact) mass is 313 g/mol. The number of anilines is 1. The van der Waals surface area contributed by atoms with Crippen LogP contribution in [-0.2, 0) is 6.54 Å². The van der Waals surface area contributed by atoms with Gasteiger partial charge in [0.2, 0.25) is 0 Å². The lowest BCUT2D eigenvalue weighted by Gasteiger charge is -2.35. The molecule has 1 fully saturated rings. The summed E-state index contributed by atoms with van der Waals surface area (Å²) in [5.41, 5.74) is 13.0. The number of hydrogen-bond donors (Lipinski definition) is 2. The first-order valence-corrected chi connectivity index (χ1v) is 7.90. The van der Waals surface area contributed by atoms with E-state index in [4.69, 9.17) is 11.5 Å². The van der Waals surface area contributed by atoms with E-state index in [1.54, 1.807) is 12.3 Å². The van der Waals surface area contributed by atoms with Crippen LogP contribution >= 0.6 is 0 Å². The molecular weight excluding hydrogens is 290 g/mol. The first-order valence-electron chi connectivity index (χ1n) is 7.90. The fourth-order valence-corrected chi connectivity index (χ4v) is 3.13. The highest BCUT2D eigenvalue weighted by Gasteiger charge is 2.26. The number of rotatable bonds is 5. The fourth-order valence-electron chi connectivity index (χ4n) is 3.13. The molecule has 6 heteroatoms. The molecule has 0 unspecified atom stereocenters. The van der Waals surface area contributed by atoms with Gasteiger partial charge in [0.25, 0.3) is 0 Å². The van der Waals surface area contributed by atoms with E-state index in [2.05, 4.69) is 16.9 Å². The van der Waals surface area contributed by atoms with Crippen molar-refractivity contribution in [3.8, 4) is 5.69 Å². The molecule has 1 heterocycles. The quantitative estimate of drug-likeness (QED) is 0.859. The Labute approximate surface area is 135 Å². The first kappa shape index (κ1) is 15.7. The van der Waals surface area contributed by atoms with Gasteiger partial charge in [-0.05, 0) is 49.6 Å². The molecule has 2 aromatic rings. The zero-order chi connectivity index (χ0) is 16.4. The van der Waals surface area contributed by atoms with Gasteiger partial charge in [-0.2, -0.15) is 4.98 Å². The molecule has 3 rings (SSSR count). The number of nitrogens with two attached hydrogens (primary N) is 2. The van der Waals surface area contributed by atoms with E-state index in [1.807, 2.05) is 24.3 Å². The second-order valence-electron chi connectivity index (χ2n) is 6.47. The van der Waals surface area contributed by atoms with Crippen molar-refractivity contribution in [2.75, 3.05) is 19.3 Å². The highest BCUT2D eigenvalue weighted by atomic mass is 16.1. The average molecular weight is 313 g/mol. The molecule has 0 amide bonds. The van der Waals surface area contributed by atoms with Crippen LogP contribution in [0.15, 0.2) is 41.3 Å². The summed E-state index contributed by atoms with van der Waals surface area (Å²) in [6.45, 7) is 1.97. The molecule has 1 aromatic heterocycles. The molecule has 1 aliphatic carbocycles. The molecule has 4 N–H and O–H groups in total. The van der Waals surface area contributed by atoms with Crippen LogP contribution in [0.3, 0.4) is 0 Å². The van der Waals surface area contributed by atoms with E-state index < -0.39 is 0 Å². The van der Waals surface area contributed by atoms with Crippen molar-refractivity contribution in [3.05, 3.63) is 52.6 Å². The Morgan fingerprint density at radius 3 is 2.57 bits per heavy atom. The zero-order valence-corrected chi connectivity index (χ0v) is 13.4. The maximum atomic E-state index is 11.8. The zero-order valence-electron chi connectivity index (χ0n) is 13.4. The van der Waals surface area contributed by atoms with E-state index in [9.17, 15) is 4.79 Å². The van der Waals surface area contributed by atoms with Crippen molar-refractivity contribution in [2.45, 2.75) is 25.4 Å². The Morgan fingerprint density at radius 1 is 1.26 bits per heavy atom. The summed E-state index contributed by atoms with van der Waals surface area (Å²) >= 11 is 0. The van der Waals surface area contributed by atoms with E-state index in [1.165, 1.54) is 10.1 Å². The minimum absolute atomic E-state index is 0.236. The van der Waals surface area contributed by atoms with Gasteiger partial charge in [0.05, 0.1) is 5.69 Å². The van der Waals surface area contributed by atoms with E-state index >= 15 is 0 Å². The lowest BCUT2D eigenvalue weighted by Crippen LogP contribution is -2.41. The number of nitrogens with zero attached hydrogens (tertiary/aromatic N) is 3. The van der Waals surface area contributed by atoms with Crippen molar-refractivity contribution in [1.29, 1.82) is 0 Å². The second kappa shape index (κ2) is 6.52. The second-order valence-corrected chi connectivity index (χ2v) is 6.47. The van der Waals surface area contributed by atoms with Gasteiger partial charge in [0.1, 0.15) is 5.82 Å². The molecule has 6 nitrogen and oxygen atoms in total. The Bertz CT molecular complexity index is 719. The normalized spacial score (nSPS) is 20.5. The van der Waals surface area contributed by atoms with Crippen molar-refractivity contribution < 1.29 is 0 Å². The van der Waals surface area contributed by atoms with E-state index in [0.29, 0.717) is 6.04 Å². The van der Waals surface area contributed by atoms with Gasteiger partial charge in [0, 0.05) is 25.3 Å². The van der Waals surface area contributed by atoms with Crippen LogP contribution in [-0.4, -0.2) is 34.1 Å². The smallest absolute Gasteiger partial charge is 0.354 e. The Hall–Kier alpha value is -2.18. The van der Waals surface area contributed by atoms with Gasteiger partial charge in [-0.15, -0.1) is 0 Å². The summed E-state index contributed by atoms with van der Waals surface area (Å²) in [6, 6.07) is 9.97. The van der Waals surface area contributed by atoms with Crippen LogP contribution in [0.25, 0.3) is 5.69 Å². The molecule has 0 saturated heterocycles. The molecule has 1 aromatic carbocycles. The molecule has 1 saturated carbocycles.